The number of nitrogens with two attached hydrogens (primary N) is 1. The van der Waals surface area contributed by atoms with Crippen molar-refractivity contribution in [3.63, 3.8) is 0 Å². The Hall–Kier alpha value is -0.890. The van der Waals surface area contributed by atoms with Crippen LogP contribution < -0.4 is 5.73 Å². The summed E-state index contributed by atoms with van der Waals surface area (Å²) in [6.07, 6.45) is 7.70. The standard InChI is InChI=1S/C18H23NS/c1-16-7-13-8-17(10-16,14-5-3-2-4-6-14)12-18(9-13,11-16)15(19)20/h2-6,13H,7-12H2,1H3,(H2,19,20)/t13?,16-,17-,18?/m1/s1. The Morgan fingerprint density at radius 2 is 1.85 bits per heavy atom. The number of hydrogen-bond donors (Lipinski definition) is 1. The number of rotatable bonds is 2. The smallest absolute Gasteiger partial charge is 0.0790 e. The molecule has 0 radical (unpaired) electrons. The molecule has 4 saturated carbocycles. The molecule has 0 spiro atoms. The van der Waals surface area contributed by atoms with Crippen LogP contribution in [0.25, 0.3) is 0 Å². The molecule has 0 saturated heterocycles. The lowest BCUT2D eigenvalue weighted by molar-refractivity contribution is -0.0864. The van der Waals surface area contributed by atoms with Crippen molar-refractivity contribution in [2.24, 2.45) is 22.5 Å². The lowest BCUT2D eigenvalue weighted by atomic mass is 9.39. The zero-order chi connectivity index (χ0) is 14.0. The van der Waals surface area contributed by atoms with Crippen LogP contribution in [0.2, 0.25) is 0 Å². The Bertz CT molecular complexity index is 568. The van der Waals surface area contributed by atoms with Crippen molar-refractivity contribution in [3.8, 4) is 0 Å². The van der Waals surface area contributed by atoms with E-state index in [1.165, 1.54) is 44.1 Å². The maximum Gasteiger partial charge on any atom is 0.0790 e. The Morgan fingerprint density at radius 3 is 2.50 bits per heavy atom. The average molecular weight is 285 g/mol. The van der Waals surface area contributed by atoms with E-state index in [4.69, 9.17) is 18.0 Å². The van der Waals surface area contributed by atoms with Gasteiger partial charge in [0, 0.05) is 5.41 Å². The van der Waals surface area contributed by atoms with E-state index in [-0.39, 0.29) is 5.41 Å². The molecule has 2 heteroatoms. The third-order valence-corrected chi connectivity index (χ3v) is 6.69. The van der Waals surface area contributed by atoms with Gasteiger partial charge in [0.25, 0.3) is 0 Å². The van der Waals surface area contributed by atoms with Gasteiger partial charge in [-0.15, -0.1) is 0 Å². The molecule has 4 atom stereocenters. The highest BCUT2D eigenvalue weighted by Gasteiger charge is 2.63. The van der Waals surface area contributed by atoms with E-state index in [0.29, 0.717) is 10.8 Å². The number of hydrogen-bond acceptors (Lipinski definition) is 1. The molecule has 4 aliphatic rings. The van der Waals surface area contributed by atoms with E-state index in [1.807, 2.05) is 0 Å². The minimum atomic E-state index is 0.138. The Labute approximate surface area is 126 Å². The van der Waals surface area contributed by atoms with E-state index < -0.39 is 0 Å². The van der Waals surface area contributed by atoms with Crippen LogP contribution in [0.4, 0.5) is 0 Å². The second-order valence-corrected chi connectivity index (χ2v) is 8.55. The lowest BCUT2D eigenvalue weighted by Gasteiger charge is -2.66. The molecule has 0 amide bonds. The maximum absolute atomic E-state index is 6.22. The number of benzene rings is 1. The summed E-state index contributed by atoms with van der Waals surface area (Å²) in [6.45, 7) is 2.47. The predicted octanol–water partition coefficient (Wildman–Crippen LogP) is 4.20. The fourth-order valence-electron chi connectivity index (χ4n) is 6.31. The predicted molar refractivity (Wildman–Crippen MR) is 86.6 cm³/mol. The maximum atomic E-state index is 6.22. The highest BCUT2D eigenvalue weighted by atomic mass is 32.1. The van der Waals surface area contributed by atoms with Crippen molar-refractivity contribution in [2.45, 2.75) is 50.9 Å². The van der Waals surface area contributed by atoms with E-state index >= 15 is 0 Å². The zero-order valence-corrected chi connectivity index (χ0v) is 13.0. The summed E-state index contributed by atoms with van der Waals surface area (Å²) in [6, 6.07) is 11.1. The molecule has 5 rings (SSSR count). The first-order valence-electron chi connectivity index (χ1n) is 7.81. The van der Waals surface area contributed by atoms with Crippen LogP contribution in [0.1, 0.15) is 51.0 Å². The Morgan fingerprint density at radius 1 is 1.10 bits per heavy atom. The Balaban J connectivity index is 1.85. The fraction of sp³-hybridized carbons (Fsp3) is 0.611. The Kier molecular flexibility index (Phi) is 2.47. The first-order chi connectivity index (χ1) is 9.46. The van der Waals surface area contributed by atoms with Gasteiger partial charge >= 0.3 is 0 Å². The molecule has 4 fully saturated rings. The average Bonchev–Trinajstić information content (AvgIpc) is 2.37. The minimum absolute atomic E-state index is 0.138. The van der Waals surface area contributed by atoms with Gasteiger partial charge in [-0.25, -0.2) is 0 Å². The largest absolute Gasteiger partial charge is 0.393 e. The van der Waals surface area contributed by atoms with Gasteiger partial charge < -0.3 is 5.73 Å². The highest BCUT2D eigenvalue weighted by Crippen LogP contribution is 2.70. The van der Waals surface area contributed by atoms with Crippen molar-refractivity contribution in [1.82, 2.24) is 0 Å². The zero-order valence-electron chi connectivity index (χ0n) is 12.2. The van der Waals surface area contributed by atoms with Gasteiger partial charge in [-0.2, -0.15) is 0 Å². The van der Waals surface area contributed by atoms with Crippen molar-refractivity contribution < 1.29 is 0 Å². The summed E-state index contributed by atoms with van der Waals surface area (Å²) in [7, 11) is 0. The van der Waals surface area contributed by atoms with E-state index in [9.17, 15) is 0 Å². The quantitative estimate of drug-likeness (QED) is 0.824. The van der Waals surface area contributed by atoms with Crippen molar-refractivity contribution in [2.75, 3.05) is 0 Å². The highest BCUT2D eigenvalue weighted by molar-refractivity contribution is 7.80. The first kappa shape index (κ1) is 12.8. The van der Waals surface area contributed by atoms with Crippen LogP contribution in [-0.4, -0.2) is 4.99 Å². The van der Waals surface area contributed by atoms with Crippen molar-refractivity contribution in [3.05, 3.63) is 35.9 Å². The third kappa shape index (κ3) is 1.64. The summed E-state index contributed by atoms with van der Waals surface area (Å²) in [4.78, 5) is 0.785. The van der Waals surface area contributed by atoms with Crippen molar-refractivity contribution in [1.29, 1.82) is 0 Å². The summed E-state index contributed by atoms with van der Waals surface area (Å²) in [5, 5.41) is 0. The normalized spacial score (nSPS) is 45.5. The van der Waals surface area contributed by atoms with E-state index in [1.54, 1.807) is 0 Å². The SMILES string of the molecule is C[C@]12CC3CC(C(N)=S)(C1)C[C@@](c1ccccc1)(C3)C2. The van der Waals surface area contributed by atoms with E-state index in [0.717, 1.165) is 10.9 Å². The van der Waals surface area contributed by atoms with Crippen LogP contribution in [0, 0.1) is 16.7 Å². The van der Waals surface area contributed by atoms with Crippen LogP contribution in [0.15, 0.2) is 30.3 Å². The van der Waals surface area contributed by atoms with Crippen LogP contribution >= 0.6 is 12.2 Å². The summed E-state index contributed by atoms with van der Waals surface area (Å²) in [5.41, 5.74) is 8.66. The van der Waals surface area contributed by atoms with Crippen molar-refractivity contribution >= 4 is 17.2 Å². The van der Waals surface area contributed by atoms with Gasteiger partial charge in [0.05, 0.1) is 4.99 Å². The van der Waals surface area contributed by atoms with Gasteiger partial charge in [0.2, 0.25) is 0 Å². The minimum Gasteiger partial charge on any atom is -0.393 e. The monoisotopic (exact) mass is 285 g/mol. The fourth-order valence-corrected chi connectivity index (χ4v) is 6.54. The van der Waals surface area contributed by atoms with Gasteiger partial charge in [0.1, 0.15) is 0 Å². The molecule has 0 aromatic heterocycles. The van der Waals surface area contributed by atoms with Gasteiger partial charge in [-0.05, 0) is 60.8 Å². The lowest BCUT2D eigenvalue weighted by Crippen LogP contribution is -2.61. The van der Waals surface area contributed by atoms with Crippen LogP contribution in [0.3, 0.4) is 0 Å². The molecular formula is C18H23NS. The molecule has 0 heterocycles. The molecule has 0 aliphatic heterocycles. The van der Waals surface area contributed by atoms with E-state index in [2.05, 4.69) is 37.3 Å². The van der Waals surface area contributed by atoms with Gasteiger partial charge in [0.15, 0.2) is 0 Å². The molecule has 2 unspecified atom stereocenters. The molecule has 2 N–H and O–H groups in total. The topological polar surface area (TPSA) is 26.0 Å². The molecule has 4 aliphatic carbocycles. The van der Waals surface area contributed by atoms with Crippen LogP contribution in [0.5, 0.6) is 0 Å². The molecule has 1 aromatic rings. The van der Waals surface area contributed by atoms with Gasteiger partial charge in [-0.3, -0.25) is 0 Å². The second kappa shape index (κ2) is 3.85. The molecule has 106 valence electrons. The molecular weight excluding hydrogens is 262 g/mol. The molecule has 4 bridgehead atoms. The van der Waals surface area contributed by atoms with Gasteiger partial charge in [-0.1, -0.05) is 49.5 Å². The third-order valence-electron chi connectivity index (χ3n) is 6.26. The molecule has 1 nitrogen and oxygen atoms in total. The summed E-state index contributed by atoms with van der Waals surface area (Å²) < 4.78 is 0. The summed E-state index contributed by atoms with van der Waals surface area (Å²) in [5.74, 6) is 0.818. The molecule has 1 aromatic carbocycles. The second-order valence-electron chi connectivity index (χ2n) is 8.11. The summed E-state index contributed by atoms with van der Waals surface area (Å²) >= 11 is 5.51. The first-order valence-corrected chi connectivity index (χ1v) is 8.22. The van der Waals surface area contributed by atoms with Crippen LogP contribution in [-0.2, 0) is 5.41 Å². The molecule has 20 heavy (non-hydrogen) atoms. The number of thiocarbonyl (C=S) groups is 1.